The first kappa shape index (κ1) is 15.4. The number of aliphatic hydroxyl groups is 1. The fourth-order valence-corrected chi connectivity index (χ4v) is 1.70. The lowest BCUT2D eigenvalue weighted by Gasteiger charge is -2.17. The molecule has 0 radical (unpaired) electrons. The highest BCUT2D eigenvalue weighted by atomic mass is 35.5. The van der Waals surface area contributed by atoms with Crippen LogP contribution < -0.4 is 5.32 Å². The number of benzene rings is 1. The highest BCUT2D eigenvalue weighted by Gasteiger charge is 2.25. The van der Waals surface area contributed by atoms with Crippen LogP contribution in [0.4, 0.5) is 4.39 Å². The van der Waals surface area contributed by atoms with Crippen LogP contribution in [0.5, 0.6) is 0 Å². The molecule has 0 bridgehead atoms. The molecule has 19 heavy (non-hydrogen) atoms. The molecule has 0 heterocycles. The van der Waals surface area contributed by atoms with Gasteiger partial charge in [0.05, 0.1) is 12.5 Å². The summed E-state index contributed by atoms with van der Waals surface area (Å²) in [5, 5.41) is 20.2. The van der Waals surface area contributed by atoms with E-state index >= 15 is 0 Å². The molecule has 5 nitrogen and oxygen atoms in total. The molecule has 1 rings (SSSR count). The molecule has 1 aromatic rings. The quantitative estimate of drug-likeness (QED) is 0.754. The number of nitrogens with one attached hydrogen (secondary N) is 1. The van der Waals surface area contributed by atoms with E-state index in [0.717, 1.165) is 6.07 Å². The van der Waals surface area contributed by atoms with Gasteiger partial charge in [-0.3, -0.25) is 4.79 Å². The van der Waals surface area contributed by atoms with Crippen LogP contribution in [0.1, 0.15) is 12.5 Å². The number of carboxylic acid groups (broad SMARTS) is 1. The molecule has 0 aliphatic carbocycles. The average molecular weight is 290 g/mol. The van der Waals surface area contributed by atoms with Crippen molar-refractivity contribution in [1.29, 1.82) is 0 Å². The fourth-order valence-electron chi connectivity index (χ4n) is 1.47. The second-order valence-corrected chi connectivity index (χ2v) is 4.41. The first-order valence-corrected chi connectivity index (χ1v) is 5.84. The van der Waals surface area contributed by atoms with E-state index in [9.17, 15) is 19.1 Å². The third-order valence-corrected chi connectivity index (χ3v) is 2.82. The molecule has 104 valence electrons. The Bertz CT molecular complexity index is 472. The number of carbonyl (C=O) groups is 2. The van der Waals surface area contributed by atoms with Crippen LogP contribution in [0.2, 0.25) is 5.02 Å². The van der Waals surface area contributed by atoms with Gasteiger partial charge < -0.3 is 15.5 Å². The number of rotatable bonds is 5. The summed E-state index contributed by atoms with van der Waals surface area (Å²) in [5.74, 6) is -2.75. The third kappa shape index (κ3) is 4.18. The van der Waals surface area contributed by atoms with Gasteiger partial charge in [0.1, 0.15) is 5.82 Å². The third-order valence-electron chi connectivity index (χ3n) is 2.46. The number of hydrogen-bond donors (Lipinski definition) is 3. The molecule has 0 unspecified atom stereocenters. The Hall–Kier alpha value is -1.66. The van der Waals surface area contributed by atoms with Crippen LogP contribution in [0.3, 0.4) is 0 Å². The maximum Gasteiger partial charge on any atom is 0.328 e. The summed E-state index contributed by atoms with van der Waals surface area (Å²) in [7, 11) is 0. The summed E-state index contributed by atoms with van der Waals surface area (Å²) in [4.78, 5) is 22.4. The summed E-state index contributed by atoms with van der Waals surface area (Å²) < 4.78 is 13.4. The first-order chi connectivity index (χ1) is 8.82. The minimum Gasteiger partial charge on any atom is -0.480 e. The van der Waals surface area contributed by atoms with Crippen LogP contribution in [0, 0.1) is 5.82 Å². The summed E-state index contributed by atoms with van der Waals surface area (Å²) >= 11 is 5.75. The largest absolute Gasteiger partial charge is 0.480 e. The Balaban J connectivity index is 2.78. The molecule has 0 saturated carbocycles. The Kier molecular flexibility index (Phi) is 5.26. The van der Waals surface area contributed by atoms with E-state index in [1.54, 1.807) is 0 Å². The molecule has 1 aromatic carbocycles. The zero-order valence-corrected chi connectivity index (χ0v) is 10.8. The van der Waals surface area contributed by atoms with Crippen molar-refractivity contribution in [3.05, 3.63) is 34.6 Å². The van der Waals surface area contributed by atoms with E-state index < -0.39 is 36.3 Å². The Morgan fingerprint density at radius 3 is 2.58 bits per heavy atom. The lowest BCUT2D eigenvalue weighted by Crippen LogP contribution is -2.48. The van der Waals surface area contributed by atoms with Crippen molar-refractivity contribution in [2.75, 3.05) is 0 Å². The summed E-state index contributed by atoms with van der Waals surface area (Å²) in [6.45, 7) is 1.23. The van der Waals surface area contributed by atoms with E-state index in [1.165, 1.54) is 19.1 Å². The summed E-state index contributed by atoms with van der Waals surface area (Å²) in [6, 6.07) is 2.53. The summed E-state index contributed by atoms with van der Waals surface area (Å²) in [6.07, 6.45) is -1.67. The molecule has 7 heteroatoms. The Morgan fingerprint density at radius 1 is 1.47 bits per heavy atom. The van der Waals surface area contributed by atoms with E-state index in [-0.39, 0.29) is 10.6 Å². The van der Waals surface area contributed by atoms with Crippen LogP contribution in [0.25, 0.3) is 0 Å². The second-order valence-electron chi connectivity index (χ2n) is 4.00. The lowest BCUT2D eigenvalue weighted by molar-refractivity contribution is -0.144. The van der Waals surface area contributed by atoms with Gasteiger partial charge in [0.25, 0.3) is 0 Å². The van der Waals surface area contributed by atoms with Crippen LogP contribution in [0.15, 0.2) is 18.2 Å². The number of carboxylic acids is 1. The standard InChI is InChI=1S/C12H13ClFNO4/c1-6(16)11(12(18)19)15-10(17)5-7-8(13)3-2-4-9(7)14/h2-4,6,11,16H,5H2,1H3,(H,15,17)(H,18,19)/t6-,11+/m1/s1. The average Bonchev–Trinajstić information content (AvgIpc) is 2.30. The summed E-state index contributed by atoms with van der Waals surface area (Å²) in [5.41, 5.74) is -0.0172. The Morgan fingerprint density at radius 2 is 2.11 bits per heavy atom. The highest BCUT2D eigenvalue weighted by Crippen LogP contribution is 2.19. The van der Waals surface area contributed by atoms with Crippen LogP contribution in [-0.2, 0) is 16.0 Å². The van der Waals surface area contributed by atoms with Crippen molar-refractivity contribution in [2.24, 2.45) is 0 Å². The van der Waals surface area contributed by atoms with Gasteiger partial charge in [0.2, 0.25) is 5.91 Å². The molecule has 0 aliphatic heterocycles. The number of carbonyl (C=O) groups excluding carboxylic acids is 1. The minimum atomic E-state index is -1.45. The molecule has 0 aliphatic rings. The van der Waals surface area contributed by atoms with Crippen molar-refractivity contribution >= 4 is 23.5 Å². The normalized spacial score (nSPS) is 13.7. The van der Waals surface area contributed by atoms with Crippen LogP contribution in [-0.4, -0.2) is 34.2 Å². The van der Waals surface area contributed by atoms with Gasteiger partial charge in [0.15, 0.2) is 6.04 Å². The van der Waals surface area contributed by atoms with E-state index in [4.69, 9.17) is 16.7 Å². The van der Waals surface area contributed by atoms with Crippen molar-refractivity contribution in [2.45, 2.75) is 25.5 Å². The minimum absolute atomic E-state index is 0.0172. The first-order valence-electron chi connectivity index (χ1n) is 5.46. The molecule has 0 spiro atoms. The monoisotopic (exact) mass is 289 g/mol. The van der Waals surface area contributed by atoms with Crippen molar-refractivity contribution < 1.29 is 24.2 Å². The molecule has 0 saturated heterocycles. The second kappa shape index (κ2) is 6.49. The number of aliphatic carboxylic acids is 1. The molecule has 3 N–H and O–H groups in total. The van der Waals surface area contributed by atoms with Gasteiger partial charge in [0, 0.05) is 10.6 Å². The zero-order valence-electron chi connectivity index (χ0n) is 10.1. The maximum absolute atomic E-state index is 13.4. The number of halogens is 2. The van der Waals surface area contributed by atoms with Gasteiger partial charge in [-0.05, 0) is 19.1 Å². The SMILES string of the molecule is C[C@@H](O)[C@H](NC(=O)Cc1c(F)cccc1Cl)C(=O)O. The van der Waals surface area contributed by atoms with Crippen molar-refractivity contribution in [3.63, 3.8) is 0 Å². The van der Waals surface area contributed by atoms with Gasteiger partial charge >= 0.3 is 5.97 Å². The van der Waals surface area contributed by atoms with E-state index in [1.807, 2.05) is 0 Å². The van der Waals surface area contributed by atoms with Gasteiger partial charge in [-0.15, -0.1) is 0 Å². The number of aliphatic hydroxyl groups excluding tert-OH is 1. The molecule has 0 fully saturated rings. The lowest BCUT2D eigenvalue weighted by atomic mass is 10.1. The molecular formula is C12H13ClFNO4. The van der Waals surface area contributed by atoms with Crippen LogP contribution >= 0.6 is 11.6 Å². The fraction of sp³-hybridized carbons (Fsp3) is 0.333. The smallest absolute Gasteiger partial charge is 0.328 e. The number of amides is 1. The predicted molar refractivity (Wildman–Crippen MR) is 66.4 cm³/mol. The van der Waals surface area contributed by atoms with Gasteiger partial charge in [-0.1, -0.05) is 17.7 Å². The Labute approximate surface area is 114 Å². The van der Waals surface area contributed by atoms with Gasteiger partial charge in [-0.2, -0.15) is 0 Å². The highest BCUT2D eigenvalue weighted by molar-refractivity contribution is 6.31. The zero-order chi connectivity index (χ0) is 14.6. The molecule has 0 aromatic heterocycles. The van der Waals surface area contributed by atoms with Gasteiger partial charge in [-0.25, -0.2) is 9.18 Å². The maximum atomic E-state index is 13.4. The molecular weight excluding hydrogens is 277 g/mol. The predicted octanol–water partition coefficient (Wildman–Crippen LogP) is 0.972. The topological polar surface area (TPSA) is 86.6 Å². The number of hydrogen-bond acceptors (Lipinski definition) is 3. The van der Waals surface area contributed by atoms with Crippen molar-refractivity contribution in [1.82, 2.24) is 5.32 Å². The molecule has 2 atom stereocenters. The van der Waals surface area contributed by atoms with E-state index in [0.29, 0.717) is 0 Å². The molecule has 1 amide bonds. The van der Waals surface area contributed by atoms with E-state index in [2.05, 4.69) is 5.32 Å². The van der Waals surface area contributed by atoms with Crippen molar-refractivity contribution in [3.8, 4) is 0 Å².